The second kappa shape index (κ2) is 5.00. The average Bonchev–Trinajstić information content (AvgIpc) is 3.00. The fourth-order valence-corrected chi connectivity index (χ4v) is 3.52. The third-order valence-corrected chi connectivity index (χ3v) is 4.64. The minimum Gasteiger partial charge on any atom is -0.325 e. The zero-order valence-corrected chi connectivity index (χ0v) is 11.1. The topological polar surface area (TPSA) is 67.6 Å². The molecule has 4 nitrogen and oxygen atoms in total. The fraction of sp³-hybridized carbons (Fsp3) is 0.857. The van der Waals surface area contributed by atoms with Crippen LogP contribution in [0, 0.1) is 0 Å². The molecule has 100 valence electrons. The normalized spacial score (nSPS) is 24.5. The number of nitrogens with zero attached hydrogens (tertiary/aromatic N) is 2. The van der Waals surface area contributed by atoms with Gasteiger partial charge in [0, 0.05) is 17.9 Å². The van der Waals surface area contributed by atoms with Gasteiger partial charge in [-0.1, -0.05) is 32.1 Å². The van der Waals surface area contributed by atoms with Gasteiger partial charge in [0.05, 0.1) is 0 Å². The highest BCUT2D eigenvalue weighted by molar-refractivity contribution is 5.04. The van der Waals surface area contributed by atoms with Crippen LogP contribution < -0.4 is 5.73 Å². The summed E-state index contributed by atoms with van der Waals surface area (Å²) in [6.45, 7) is 0. The van der Waals surface area contributed by atoms with E-state index in [0.29, 0.717) is 5.92 Å². The van der Waals surface area contributed by atoms with Crippen molar-refractivity contribution < 1.29 is 0 Å². The third kappa shape index (κ3) is 2.58. The highest BCUT2D eigenvalue weighted by atomic mass is 15.2. The van der Waals surface area contributed by atoms with E-state index in [4.69, 9.17) is 10.7 Å². The summed E-state index contributed by atoms with van der Waals surface area (Å²) >= 11 is 0. The van der Waals surface area contributed by atoms with Crippen LogP contribution in [0.25, 0.3) is 0 Å². The van der Waals surface area contributed by atoms with Crippen LogP contribution in [0.3, 0.4) is 0 Å². The standard InChI is InChI=1S/C14H24N4/c15-14(8-4-5-9-14)10-12-16-13(18-17-12)11-6-2-1-3-7-11/h11H,1-10,15H2,(H,16,17,18). The van der Waals surface area contributed by atoms with Gasteiger partial charge in [0.15, 0.2) is 5.82 Å². The first-order chi connectivity index (χ1) is 8.75. The molecular weight excluding hydrogens is 224 g/mol. The molecule has 1 aromatic heterocycles. The lowest BCUT2D eigenvalue weighted by molar-refractivity contribution is 0.422. The summed E-state index contributed by atoms with van der Waals surface area (Å²) in [5, 5.41) is 7.54. The molecule has 0 amide bonds. The molecule has 2 aliphatic carbocycles. The maximum absolute atomic E-state index is 6.39. The van der Waals surface area contributed by atoms with Crippen molar-refractivity contribution in [2.24, 2.45) is 5.73 Å². The summed E-state index contributed by atoms with van der Waals surface area (Å²) in [7, 11) is 0. The number of rotatable bonds is 3. The van der Waals surface area contributed by atoms with E-state index in [1.165, 1.54) is 44.9 Å². The Morgan fingerprint density at radius 3 is 2.56 bits per heavy atom. The van der Waals surface area contributed by atoms with Crippen LogP contribution in [-0.2, 0) is 6.42 Å². The van der Waals surface area contributed by atoms with Crippen LogP contribution in [0.15, 0.2) is 0 Å². The minimum atomic E-state index is -0.0244. The Balaban J connectivity index is 1.65. The van der Waals surface area contributed by atoms with E-state index in [0.717, 1.165) is 30.9 Å². The molecule has 0 bridgehead atoms. The Hall–Kier alpha value is -0.900. The van der Waals surface area contributed by atoms with Gasteiger partial charge in [-0.3, -0.25) is 5.10 Å². The molecule has 3 N–H and O–H groups in total. The molecule has 0 radical (unpaired) electrons. The summed E-state index contributed by atoms with van der Waals surface area (Å²) in [5.74, 6) is 2.62. The van der Waals surface area contributed by atoms with Crippen molar-refractivity contribution in [1.82, 2.24) is 15.2 Å². The average molecular weight is 248 g/mol. The lowest BCUT2D eigenvalue weighted by Crippen LogP contribution is -2.39. The summed E-state index contributed by atoms with van der Waals surface area (Å²) < 4.78 is 0. The zero-order chi connectivity index (χ0) is 12.4. The van der Waals surface area contributed by atoms with Gasteiger partial charge in [0.2, 0.25) is 0 Å². The maximum atomic E-state index is 6.39. The van der Waals surface area contributed by atoms with Crippen molar-refractivity contribution in [3.05, 3.63) is 11.6 Å². The molecule has 0 spiro atoms. The molecule has 3 rings (SSSR count). The monoisotopic (exact) mass is 248 g/mol. The Morgan fingerprint density at radius 1 is 1.11 bits per heavy atom. The summed E-state index contributed by atoms with van der Waals surface area (Å²) in [5.41, 5.74) is 6.37. The Bertz CT molecular complexity index is 386. The van der Waals surface area contributed by atoms with Crippen molar-refractivity contribution in [3.63, 3.8) is 0 Å². The van der Waals surface area contributed by atoms with Gasteiger partial charge in [-0.2, -0.15) is 5.10 Å². The number of aromatic amines is 1. The molecule has 0 unspecified atom stereocenters. The second-order valence-corrected chi connectivity index (χ2v) is 6.22. The Kier molecular flexibility index (Phi) is 3.37. The van der Waals surface area contributed by atoms with Crippen LogP contribution in [-0.4, -0.2) is 20.7 Å². The quantitative estimate of drug-likeness (QED) is 0.864. The molecule has 1 heterocycles. The minimum absolute atomic E-state index is 0.0244. The molecule has 2 aliphatic rings. The number of hydrogen-bond donors (Lipinski definition) is 2. The van der Waals surface area contributed by atoms with Gasteiger partial charge < -0.3 is 5.73 Å². The van der Waals surface area contributed by atoms with Gasteiger partial charge in [0.1, 0.15) is 5.82 Å². The molecule has 18 heavy (non-hydrogen) atoms. The number of nitrogens with two attached hydrogens (primary N) is 1. The SMILES string of the molecule is NC1(Cc2nc(C3CCCCC3)n[nH]2)CCCC1. The molecule has 1 aromatic rings. The van der Waals surface area contributed by atoms with Crippen LogP contribution >= 0.6 is 0 Å². The van der Waals surface area contributed by atoms with E-state index in [-0.39, 0.29) is 5.54 Å². The van der Waals surface area contributed by atoms with E-state index in [9.17, 15) is 0 Å². The van der Waals surface area contributed by atoms with Crippen molar-refractivity contribution >= 4 is 0 Å². The first kappa shape index (κ1) is 12.2. The largest absolute Gasteiger partial charge is 0.325 e. The molecule has 0 atom stereocenters. The van der Waals surface area contributed by atoms with Gasteiger partial charge in [-0.05, 0) is 25.7 Å². The molecule has 4 heteroatoms. The van der Waals surface area contributed by atoms with Gasteiger partial charge >= 0.3 is 0 Å². The van der Waals surface area contributed by atoms with Crippen LogP contribution in [0.5, 0.6) is 0 Å². The maximum Gasteiger partial charge on any atom is 0.153 e. The summed E-state index contributed by atoms with van der Waals surface area (Å²) in [6, 6.07) is 0. The van der Waals surface area contributed by atoms with Crippen molar-refractivity contribution in [1.29, 1.82) is 0 Å². The number of hydrogen-bond acceptors (Lipinski definition) is 3. The fourth-order valence-electron chi connectivity index (χ4n) is 3.52. The highest BCUT2D eigenvalue weighted by Crippen LogP contribution is 2.32. The number of nitrogens with one attached hydrogen (secondary N) is 1. The van der Waals surface area contributed by atoms with Crippen molar-refractivity contribution in [2.45, 2.75) is 75.7 Å². The summed E-state index contributed by atoms with van der Waals surface area (Å²) in [4.78, 5) is 4.70. The Morgan fingerprint density at radius 2 is 1.83 bits per heavy atom. The second-order valence-electron chi connectivity index (χ2n) is 6.22. The zero-order valence-electron chi connectivity index (χ0n) is 11.1. The van der Waals surface area contributed by atoms with E-state index in [2.05, 4.69) is 10.2 Å². The molecular formula is C14H24N4. The van der Waals surface area contributed by atoms with Gasteiger partial charge in [0.25, 0.3) is 0 Å². The molecule has 2 saturated carbocycles. The van der Waals surface area contributed by atoms with Gasteiger partial charge in [-0.25, -0.2) is 4.98 Å². The molecule has 0 saturated heterocycles. The van der Waals surface area contributed by atoms with E-state index >= 15 is 0 Å². The van der Waals surface area contributed by atoms with Crippen LogP contribution in [0.4, 0.5) is 0 Å². The predicted octanol–water partition coefficient (Wildman–Crippen LogP) is 2.67. The smallest absolute Gasteiger partial charge is 0.153 e. The summed E-state index contributed by atoms with van der Waals surface area (Å²) in [6.07, 6.45) is 12.2. The van der Waals surface area contributed by atoms with E-state index in [1.54, 1.807) is 0 Å². The number of H-pyrrole nitrogens is 1. The predicted molar refractivity (Wildman–Crippen MR) is 71.3 cm³/mol. The lowest BCUT2D eigenvalue weighted by atomic mass is 9.89. The molecule has 2 fully saturated rings. The molecule has 0 aromatic carbocycles. The first-order valence-corrected chi connectivity index (χ1v) is 7.45. The van der Waals surface area contributed by atoms with E-state index in [1.807, 2.05) is 0 Å². The van der Waals surface area contributed by atoms with Crippen molar-refractivity contribution in [2.75, 3.05) is 0 Å². The number of aromatic nitrogens is 3. The van der Waals surface area contributed by atoms with Crippen LogP contribution in [0.2, 0.25) is 0 Å². The first-order valence-electron chi connectivity index (χ1n) is 7.45. The lowest BCUT2D eigenvalue weighted by Gasteiger charge is -2.21. The molecule has 0 aliphatic heterocycles. The highest BCUT2D eigenvalue weighted by Gasteiger charge is 2.31. The van der Waals surface area contributed by atoms with Crippen LogP contribution in [0.1, 0.15) is 75.4 Å². The van der Waals surface area contributed by atoms with Gasteiger partial charge in [-0.15, -0.1) is 0 Å². The third-order valence-electron chi connectivity index (χ3n) is 4.64. The van der Waals surface area contributed by atoms with Crippen molar-refractivity contribution in [3.8, 4) is 0 Å². The Labute approximate surface area is 109 Å². The van der Waals surface area contributed by atoms with E-state index < -0.39 is 0 Å².